The molecule has 2 aromatic heterocycles. The third kappa shape index (κ3) is 5.91. The Hall–Kier alpha value is -3.24. The number of hydrogen-bond acceptors (Lipinski definition) is 9. The zero-order chi connectivity index (χ0) is 28.0. The van der Waals surface area contributed by atoms with E-state index in [0.29, 0.717) is 35.1 Å². The second kappa shape index (κ2) is 9.81. The van der Waals surface area contributed by atoms with Crippen LogP contribution >= 0.6 is 0 Å². The molecule has 9 nitrogen and oxygen atoms in total. The fraction of sp³-hybridized carbons (Fsp3) is 0.464. The van der Waals surface area contributed by atoms with Crippen LogP contribution in [0.5, 0.6) is 5.75 Å². The summed E-state index contributed by atoms with van der Waals surface area (Å²) in [6.07, 6.45) is 3.01. The largest absolute Gasteiger partial charge is 0.490 e. The molecule has 3 aromatic rings. The molecular formula is C28H36N4O5S. The third-order valence-electron chi connectivity index (χ3n) is 6.99. The maximum absolute atomic E-state index is 12.4. The number of rotatable bonds is 8. The first kappa shape index (κ1) is 27.8. The average Bonchev–Trinajstić information content (AvgIpc) is 2.80. The molecule has 0 spiro atoms. The zero-order valence-electron chi connectivity index (χ0n) is 23.0. The molecule has 0 aliphatic carbocycles. The molecule has 38 heavy (non-hydrogen) atoms. The highest BCUT2D eigenvalue weighted by Crippen LogP contribution is 2.38. The van der Waals surface area contributed by atoms with Crippen molar-refractivity contribution in [3.63, 3.8) is 0 Å². The van der Waals surface area contributed by atoms with E-state index in [-0.39, 0.29) is 23.7 Å². The number of nitrogens with two attached hydrogens (primary N) is 1. The van der Waals surface area contributed by atoms with Crippen LogP contribution in [0.15, 0.2) is 36.5 Å². The Morgan fingerprint density at radius 3 is 2.55 bits per heavy atom. The van der Waals surface area contributed by atoms with Gasteiger partial charge in [-0.05, 0) is 76.3 Å². The minimum absolute atomic E-state index is 0.0492. The van der Waals surface area contributed by atoms with Crippen molar-refractivity contribution >= 4 is 38.2 Å². The molecule has 1 aliphatic rings. The molecule has 1 aliphatic heterocycles. The van der Waals surface area contributed by atoms with Gasteiger partial charge < -0.3 is 20.5 Å². The summed E-state index contributed by atoms with van der Waals surface area (Å²) in [7, 11) is -3.08. The molecule has 4 rings (SSSR count). The van der Waals surface area contributed by atoms with Crippen LogP contribution in [0.3, 0.4) is 0 Å². The summed E-state index contributed by atoms with van der Waals surface area (Å²) in [6, 6.07) is 9.13. The molecule has 204 valence electrons. The molecule has 10 heteroatoms. The summed E-state index contributed by atoms with van der Waals surface area (Å²) < 4.78 is 34.8. The maximum Gasteiger partial charge on any atom is 0.340 e. The van der Waals surface area contributed by atoms with Gasteiger partial charge in [-0.3, -0.25) is 0 Å². The lowest BCUT2D eigenvalue weighted by Crippen LogP contribution is -2.39. The Kier molecular flexibility index (Phi) is 7.18. The van der Waals surface area contributed by atoms with Crippen LogP contribution in [0, 0.1) is 0 Å². The van der Waals surface area contributed by atoms with Crippen molar-refractivity contribution in [3.05, 3.63) is 53.3 Å². The van der Waals surface area contributed by atoms with E-state index in [1.54, 1.807) is 18.3 Å². The minimum atomic E-state index is -3.08. The maximum atomic E-state index is 12.4. The zero-order valence-corrected chi connectivity index (χ0v) is 23.8. The fourth-order valence-electron chi connectivity index (χ4n) is 4.49. The first-order chi connectivity index (χ1) is 17.5. The van der Waals surface area contributed by atoms with Crippen molar-refractivity contribution in [1.29, 1.82) is 0 Å². The monoisotopic (exact) mass is 540 g/mol. The lowest BCUT2D eigenvalue weighted by atomic mass is 9.84. The number of sulfone groups is 1. The summed E-state index contributed by atoms with van der Waals surface area (Å²) in [6.45, 7) is 11.5. The van der Waals surface area contributed by atoms with Crippen LogP contribution in [-0.4, -0.2) is 48.1 Å². The van der Waals surface area contributed by atoms with Crippen LogP contribution in [0.4, 0.5) is 11.6 Å². The number of nitrogens with one attached hydrogen (secondary N) is 1. The summed E-state index contributed by atoms with van der Waals surface area (Å²) in [4.78, 5) is 21.8. The van der Waals surface area contributed by atoms with Gasteiger partial charge in [0.05, 0.1) is 23.1 Å². The number of benzene rings is 1. The van der Waals surface area contributed by atoms with Crippen LogP contribution in [-0.2, 0) is 20.1 Å². The van der Waals surface area contributed by atoms with Gasteiger partial charge in [0.25, 0.3) is 0 Å². The number of cyclic esters (lactones) is 1. The quantitative estimate of drug-likeness (QED) is 0.386. The van der Waals surface area contributed by atoms with Crippen LogP contribution in [0.2, 0.25) is 0 Å². The number of pyridine rings is 2. The smallest absolute Gasteiger partial charge is 0.340 e. The van der Waals surface area contributed by atoms with E-state index in [4.69, 9.17) is 20.2 Å². The van der Waals surface area contributed by atoms with Gasteiger partial charge in [-0.1, -0.05) is 13.0 Å². The molecule has 3 heterocycles. The number of hydrogen-bond donors (Lipinski definition) is 2. The second-order valence-corrected chi connectivity index (χ2v) is 13.5. The normalized spacial score (nSPS) is 18.0. The third-order valence-corrected chi connectivity index (χ3v) is 7.97. The first-order valence-corrected chi connectivity index (χ1v) is 14.7. The number of carbonyl (C=O) groups excluding carboxylic acids is 1. The van der Waals surface area contributed by atoms with Gasteiger partial charge in [-0.15, -0.1) is 0 Å². The number of nitrogens with zero attached hydrogens (tertiary/aromatic N) is 2. The van der Waals surface area contributed by atoms with Gasteiger partial charge in [0.1, 0.15) is 32.8 Å². The standard InChI is InChI=1S/C28H36N4O5S/c1-16(12-13-38(7,34)35)36-22-10-9-21(27(3,4)29)19-14-24(30-15-20(19)22)31-23-11-8-18-25(32-23)17(2)28(5,6)37-26(18)33/h8-11,14-17H,12-13,29H2,1-7H3,(H,30,31,32)/t16-,17+/m0/s1. The Labute approximate surface area is 224 Å². The van der Waals surface area contributed by atoms with Crippen LogP contribution in [0.25, 0.3) is 10.8 Å². The summed E-state index contributed by atoms with van der Waals surface area (Å²) in [5.41, 5.74) is 7.26. The van der Waals surface area contributed by atoms with E-state index in [1.165, 1.54) is 6.26 Å². The predicted octanol–water partition coefficient (Wildman–Crippen LogP) is 4.82. The summed E-state index contributed by atoms with van der Waals surface area (Å²) in [5.74, 6) is 1.31. The van der Waals surface area contributed by atoms with Gasteiger partial charge in [0, 0.05) is 29.3 Å². The Morgan fingerprint density at radius 2 is 1.89 bits per heavy atom. The van der Waals surface area contributed by atoms with Crippen LogP contribution in [0.1, 0.15) is 75.5 Å². The van der Waals surface area contributed by atoms with Crippen molar-refractivity contribution in [2.24, 2.45) is 5.73 Å². The van der Waals surface area contributed by atoms with E-state index in [9.17, 15) is 13.2 Å². The molecule has 0 radical (unpaired) electrons. The van der Waals surface area contributed by atoms with Crippen molar-refractivity contribution in [2.75, 3.05) is 17.3 Å². The number of anilines is 2. The lowest BCUT2D eigenvalue weighted by molar-refractivity contribution is -0.0189. The molecule has 3 N–H and O–H groups in total. The number of aromatic nitrogens is 2. The SMILES string of the molecule is C[C@@H]1c2nc(Nc3cc4c(C(C)(C)N)ccc(O[C@@H](C)CCS(C)(=O)=O)c4cn3)ccc2C(=O)OC1(C)C. The molecule has 0 fully saturated rings. The molecule has 0 saturated heterocycles. The van der Waals surface area contributed by atoms with Gasteiger partial charge >= 0.3 is 5.97 Å². The van der Waals surface area contributed by atoms with Gasteiger partial charge in [0.15, 0.2) is 0 Å². The molecule has 0 amide bonds. The van der Waals surface area contributed by atoms with Gasteiger partial charge in [-0.2, -0.15) is 0 Å². The highest BCUT2D eigenvalue weighted by molar-refractivity contribution is 7.90. The number of esters is 1. The highest BCUT2D eigenvalue weighted by atomic mass is 32.2. The van der Waals surface area contributed by atoms with Crippen molar-refractivity contribution in [1.82, 2.24) is 9.97 Å². The molecular weight excluding hydrogens is 504 g/mol. The second-order valence-electron chi connectivity index (χ2n) is 11.3. The van der Waals surface area contributed by atoms with E-state index in [0.717, 1.165) is 16.3 Å². The van der Waals surface area contributed by atoms with Crippen LogP contribution < -0.4 is 15.8 Å². The van der Waals surface area contributed by atoms with E-state index in [2.05, 4.69) is 10.3 Å². The van der Waals surface area contributed by atoms with Crippen molar-refractivity contribution in [2.45, 2.75) is 71.1 Å². The topological polar surface area (TPSA) is 134 Å². The summed E-state index contributed by atoms with van der Waals surface area (Å²) in [5, 5.41) is 4.89. The average molecular weight is 541 g/mol. The van der Waals surface area contributed by atoms with E-state index in [1.807, 2.05) is 59.7 Å². The van der Waals surface area contributed by atoms with Gasteiger partial charge in [-0.25, -0.2) is 23.2 Å². The Bertz CT molecular complexity index is 1500. The molecule has 0 unspecified atom stereocenters. The van der Waals surface area contributed by atoms with Crippen molar-refractivity contribution in [3.8, 4) is 5.75 Å². The highest BCUT2D eigenvalue weighted by Gasteiger charge is 2.40. The molecule has 2 atom stereocenters. The Morgan fingerprint density at radius 1 is 1.18 bits per heavy atom. The number of fused-ring (bicyclic) bond motifs is 2. The number of ether oxygens (including phenoxy) is 2. The predicted molar refractivity (Wildman–Crippen MR) is 149 cm³/mol. The van der Waals surface area contributed by atoms with E-state index < -0.39 is 21.0 Å². The van der Waals surface area contributed by atoms with Crippen molar-refractivity contribution < 1.29 is 22.7 Å². The van der Waals surface area contributed by atoms with E-state index >= 15 is 0 Å². The molecule has 1 aromatic carbocycles. The molecule has 0 bridgehead atoms. The van der Waals surface area contributed by atoms with Gasteiger partial charge in [0.2, 0.25) is 0 Å². The minimum Gasteiger partial charge on any atom is -0.490 e. The Balaban J connectivity index is 1.69. The lowest BCUT2D eigenvalue weighted by Gasteiger charge is -2.36. The summed E-state index contributed by atoms with van der Waals surface area (Å²) >= 11 is 0. The first-order valence-electron chi connectivity index (χ1n) is 12.6. The molecule has 0 saturated carbocycles. The number of carbonyl (C=O) groups is 1. The fourth-order valence-corrected chi connectivity index (χ4v) is 5.25.